The third-order valence-electron chi connectivity index (χ3n) is 1.26. The molecule has 1 aromatic rings. The molecule has 0 bridgehead atoms. The van der Waals surface area contributed by atoms with Crippen molar-refractivity contribution in [3.63, 3.8) is 0 Å². The molecule has 0 spiro atoms. The predicted molar refractivity (Wildman–Crippen MR) is 52.6 cm³/mol. The first-order valence-corrected chi connectivity index (χ1v) is 4.23. The van der Waals surface area contributed by atoms with Gasteiger partial charge in [-0.3, -0.25) is 0 Å². The van der Waals surface area contributed by atoms with Gasteiger partial charge in [-0.2, -0.15) is 0 Å². The lowest BCUT2D eigenvalue weighted by atomic mass is 10.3. The number of aromatic nitrogens is 1. The molecule has 1 N–H and O–H groups in total. The summed E-state index contributed by atoms with van der Waals surface area (Å²) in [4.78, 5) is 8.96. The molecule has 11 heavy (non-hydrogen) atoms. The molecular weight excluding hydrogens is 204 g/mol. The van der Waals surface area contributed by atoms with Gasteiger partial charge < -0.3 is 4.98 Å². The van der Waals surface area contributed by atoms with E-state index >= 15 is 0 Å². The number of hydrogen-bond donors (Lipinski definition) is 1. The number of hydrogen-bond acceptors (Lipinski definition) is 1. The number of aromatic amines is 1. The fraction of sp³-hybridized carbons (Fsp3) is 0.125. The Bertz CT molecular complexity index is 247. The van der Waals surface area contributed by atoms with Crippen molar-refractivity contribution in [2.24, 2.45) is 4.99 Å². The lowest BCUT2D eigenvalue weighted by Gasteiger charge is -1.88. The van der Waals surface area contributed by atoms with E-state index in [1.165, 1.54) is 0 Å². The van der Waals surface area contributed by atoms with Crippen LogP contribution in [0.25, 0.3) is 6.08 Å². The molecule has 0 fully saturated rings. The summed E-state index contributed by atoms with van der Waals surface area (Å²) in [6.45, 7) is 1.89. The van der Waals surface area contributed by atoms with Crippen LogP contribution in [-0.4, -0.2) is 11.2 Å². The van der Waals surface area contributed by atoms with Crippen molar-refractivity contribution in [1.82, 2.24) is 4.98 Å². The van der Waals surface area contributed by atoms with Gasteiger partial charge in [0.1, 0.15) is 5.82 Å². The SMILES string of the molecule is CC=Nc1[nH]ccc1/C=C/Br. The van der Waals surface area contributed by atoms with Gasteiger partial charge in [-0.25, -0.2) is 4.99 Å². The van der Waals surface area contributed by atoms with E-state index < -0.39 is 0 Å². The first-order valence-electron chi connectivity index (χ1n) is 3.31. The van der Waals surface area contributed by atoms with Crippen LogP contribution in [0, 0.1) is 0 Å². The smallest absolute Gasteiger partial charge is 0.136 e. The summed E-state index contributed by atoms with van der Waals surface area (Å²) in [7, 11) is 0. The Hall–Kier alpha value is -0.830. The lowest BCUT2D eigenvalue weighted by Crippen LogP contribution is -1.67. The zero-order chi connectivity index (χ0) is 8.10. The van der Waals surface area contributed by atoms with Gasteiger partial charge in [0.25, 0.3) is 0 Å². The van der Waals surface area contributed by atoms with Crippen LogP contribution in [0.2, 0.25) is 0 Å². The second-order valence-electron chi connectivity index (χ2n) is 1.96. The zero-order valence-corrected chi connectivity index (χ0v) is 7.80. The van der Waals surface area contributed by atoms with Crippen LogP contribution < -0.4 is 0 Å². The zero-order valence-electron chi connectivity index (χ0n) is 6.21. The molecule has 1 rings (SSSR count). The number of aliphatic imine (C=N–C) groups is 1. The van der Waals surface area contributed by atoms with Gasteiger partial charge in [-0.05, 0) is 24.1 Å². The molecular formula is C8H9BrN2. The molecule has 0 amide bonds. The van der Waals surface area contributed by atoms with E-state index in [4.69, 9.17) is 0 Å². The Balaban J connectivity index is 2.95. The second kappa shape index (κ2) is 4.13. The van der Waals surface area contributed by atoms with Crippen molar-refractivity contribution < 1.29 is 0 Å². The first kappa shape index (κ1) is 8.27. The van der Waals surface area contributed by atoms with Crippen LogP contribution in [0.15, 0.2) is 22.2 Å². The van der Waals surface area contributed by atoms with Crippen LogP contribution in [0.1, 0.15) is 12.5 Å². The van der Waals surface area contributed by atoms with E-state index in [1.807, 2.05) is 30.2 Å². The summed E-state index contributed by atoms with van der Waals surface area (Å²) >= 11 is 3.21. The van der Waals surface area contributed by atoms with Gasteiger partial charge in [0.05, 0.1) is 0 Å². The standard InChI is InChI=1S/C8H9BrN2/c1-2-10-8-7(3-5-9)4-6-11-8/h2-6,11H,1H3/b5-3+,10-2?. The highest BCUT2D eigenvalue weighted by Gasteiger charge is 1.94. The van der Waals surface area contributed by atoms with Crippen LogP contribution >= 0.6 is 15.9 Å². The van der Waals surface area contributed by atoms with Crippen molar-refractivity contribution in [2.75, 3.05) is 0 Å². The molecule has 1 heterocycles. The topological polar surface area (TPSA) is 28.1 Å². The first-order chi connectivity index (χ1) is 5.38. The van der Waals surface area contributed by atoms with Crippen molar-refractivity contribution in [2.45, 2.75) is 6.92 Å². The van der Waals surface area contributed by atoms with E-state index in [2.05, 4.69) is 25.9 Å². The van der Waals surface area contributed by atoms with Crippen LogP contribution in [-0.2, 0) is 0 Å². The van der Waals surface area contributed by atoms with Gasteiger partial charge in [0, 0.05) is 18.0 Å². The summed E-state index contributed by atoms with van der Waals surface area (Å²) in [6, 6.07) is 1.97. The Morgan fingerprint density at radius 1 is 1.64 bits per heavy atom. The number of halogens is 1. The minimum absolute atomic E-state index is 0.892. The molecule has 0 aliphatic heterocycles. The predicted octanol–water partition coefficient (Wildman–Crippen LogP) is 3.10. The lowest BCUT2D eigenvalue weighted by molar-refractivity contribution is 1.34. The largest absolute Gasteiger partial charge is 0.346 e. The summed E-state index contributed by atoms with van der Waals surface area (Å²) < 4.78 is 0. The maximum atomic E-state index is 4.13. The second-order valence-corrected chi connectivity index (χ2v) is 2.49. The fourth-order valence-electron chi connectivity index (χ4n) is 0.816. The van der Waals surface area contributed by atoms with Gasteiger partial charge in [0.15, 0.2) is 0 Å². The monoisotopic (exact) mass is 212 g/mol. The van der Waals surface area contributed by atoms with Gasteiger partial charge in [-0.1, -0.05) is 15.9 Å². The Morgan fingerprint density at radius 3 is 3.09 bits per heavy atom. The molecule has 0 atom stereocenters. The third-order valence-corrected chi connectivity index (χ3v) is 1.52. The van der Waals surface area contributed by atoms with Crippen molar-refractivity contribution >= 4 is 34.0 Å². The van der Waals surface area contributed by atoms with Crippen molar-refractivity contribution in [1.29, 1.82) is 0 Å². The van der Waals surface area contributed by atoms with Crippen LogP contribution in [0.3, 0.4) is 0 Å². The van der Waals surface area contributed by atoms with Gasteiger partial charge >= 0.3 is 0 Å². The molecule has 0 saturated carbocycles. The average Bonchev–Trinajstić information content (AvgIpc) is 2.39. The molecule has 3 heteroatoms. The molecule has 0 unspecified atom stereocenters. The third kappa shape index (κ3) is 2.05. The van der Waals surface area contributed by atoms with Crippen LogP contribution in [0.4, 0.5) is 5.82 Å². The number of H-pyrrole nitrogens is 1. The quantitative estimate of drug-likeness (QED) is 0.731. The molecule has 0 radical (unpaired) electrons. The molecule has 2 nitrogen and oxygen atoms in total. The fourth-order valence-corrected chi connectivity index (χ4v) is 1.10. The van der Waals surface area contributed by atoms with Crippen molar-refractivity contribution in [3.05, 3.63) is 22.8 Å². The molecule has 1 aromatic heterocycles. The summed E-state index contributed by atoms with van der Waals surface area (Å²) in [5.41, 5.74) is 1.08. The highest BCUT2D eigenvalue weighted by molar-refractivity contribution is 9.11. The minimum atomic E-state index is 0.892. The highest BCUT2D eigenvalue weighted by atomic mass is 79.9. The highest BCUT2D eigenvalue weighted by Crippen LogP contribution is 2.17. The molecule has 0 aliphatic rings. The van der Waals surface area contributed by atoms with E-state index in [0.29, 0.717) is 0 Å². The summed E-state index contributed by atoms with van der Waals surface area (Å²) in [5.74, 6) is 0.892. The maximum absolute atomic E-state index is 4.13. The maximum Gasteiger partial charge on any atom is 0.136 e. The van der Waals surface area contributed by atoms with E-state index in [9.17, 15) is 0 Å². The van der Waals surface area contributed by atoms with Crippen LogP contribution in [0.5, 0.6) is 0 Å². The van der Waals surface area contributed by atoms with Gasteiger partial charge in [0.2, 0.25) is 0 Å². The Kier molecular flexibility index (Phi) is 3.11. The van der Waals surface area contributed by atoms with E-state index in [0.717, 1.165) is 11.4 Å². The average molecular weight is 213 g/mol. The summed E-state index contributed by atoms with van der Waals surface area (Å²) in [5, 5.41) is 0. The molecule has 0 aromatic carbocycles. The number of nitrogens with one attached hydrogen (secondary N) is 1. The number of rotatable bonds is 2. The van der Waals surface area contributed by atoms with Crippen molar-refractivity contribution in [3.8, 4) is 0 Å². The normalized spacial score (nSPS) is 11.8. The minimum Gasteiger partial charge on any atom is -0.346 e. The summed E-state index contributed by atoms with van der Waals surface area (Å²) in [6.07, 6.45) is 5.57. The molecule has 58 valence electrons. The number of nitrogens with zero attached hydrogens (tertiary/aromatic N) is 1. The van der Waals surface area contributed by atoms with E-state index in [1.54, 1.807) is 6.21 Å². The Morgan fingerprint density at radius 2 is 2.45 bits per heavy atom. The molecule has 0 aliphatic carbocycles. The van der Waals surface area contributed by atoms with Gasteiger partial charge in [-0.15, -0.1) is 0 Å². The Labute approximate surface area is 74.2 Å². The van der Waals surface area contributed by atoms with E-state index in [-0.39, 0.29) is 0 Å². The molecule has 0 saturated heterocycles.